The fourth-order valence-corrected chi connectivity index (χ4v) is 8.10. The first-order chi connectivity index (χ1) is 29.1. The first kappa shape index (κ1) is 47.2. The highest BCUT2D eigenvalue weighted by molar-refractivity contribution is 5.99. The number of nitrogens with zero attached hydrogens (tertiary/aromatic N) is 4. The van der Waals surface area contributed by atoms with Crippen LogP contribution in [0, 0.1) is 20.8 Å². The molecule has 2 aromatic carbocycles. The maximum Gasteiger partial charge on any atom is 0.490 e. The summed E-state index contributed by atoms with van der Waals surface area (Å²) in [6.07, 6.45) is -3.19. The number of carboxylic acid groups (broad SMARTS) is 1. The van der Waals surface area contributed by atoms with Gasteiger partial charge in [-0.2, -0.15) is 13.2 Å². The molecule has 5 N–H and O–H groups in total. The average molecular weight is 855 g/mol. The SMILES string of the molecule is CCN(c1cc(-c2ccc(CN3CCN(CC(=O)NCCN4CCNCC4)CC3)cc2)cc(C(=O)NCc2c(C)cc(C)[nH]c2=O)c1C)C1CCOCC1.O=C(O)C(F)(F)F. The van der Waals surface area contributed by atoms with E-state index in [0.29, 0.717) is 30.3 Å². The summed E-state index contributed by atoms with van der Waals surface area (Å²) < 4.78 is 37.4. The number of hydrogen-bond donors (Lipinski definition) is 5. The van der Waals surface area contributed by atoms with E-state index in [0.717, 1.165) is 132 Å². The van der Waals surface area contributed by atoms with Crippen LogP contribution in [0.5, 0.6) is 0 Å². The van der Waals surface area contributed by atoms with E-state index in [1.807, 2.05) is 32.9 Å². The van der Waals surface area contributed by atoms with Crippen LogP contribution in [0.25, 0.3) is 11.1 Å². The molecule has 3 saturated heterocycles. The Balaban J connectivity index is 0.000000925. The van der Waals surface area contributed by atoms with E-state index in [1.165, 1.54) is 5.56 Å². The molecule has 1 aromatic heterocycles. The predicted octanol–water partition coefficient (Wildman–Crippen LogP) is 3.67. The van der Waals surface area contributed by atoms with Gasteiger partial charge >= 0.3 is 12.1 Å². The number of aromatic amines is 1. The molecule has 3 fully saturated rings. The van der Waals surface area contributed by atoms with Crippen LogP contribution in [0.2, 0.25) is 0 Å². The Morgan fingerprint density at radius 2 is 1.52 bits per heavy atom. The molecule has 0 aliphatic carbocycles. The number of aryl methyl sites for hydroxylation is 2. The lowest BCUT2D eigenvalue weighted by Gasteiger charge is -2.37. The molecule has 0 atom stereocenters. The van der Waals surface area contributed by atoms with Crippen LogP contribution in [-0.4, -0.2) is 147 Å². The summed E-state index contributed by atoms with van der Waals surface area (Å²) in [7, 11) is 0. The van der Waals surface area contributed by atoms with Gasteiger partial charge in [0.2, 0.25) is 5.91 Å². The number of carboxylic acids is 1. The van der Waals surface area contributed by atoms with Crippen LogP contribution in [-0.2, 0) is 27.4 Å². The molecule has 0 unspecified atom stereocenters. The number of benzene rings is 2. The number of H-pyrrole nitrogens is 1. The molecule has 0 radical (unpaired) electrons. The zero-order valence-corrected chi connectivity index (χ0v) is 35.8. The molecule has 334 valence electrons. The van der Waals surface area contributed by atoms with Gasteiger partial charge in [0.1, 0.15) is 0 Å². The molecule has 0 bridgehead atoms. The molecule has 14 nitrogen and oxygen atoms in total. The molecule has 3 aliphatic rings. The minimum absolute atomic E-state index is 0.112. The minimum Gasteiger partial charge on any atom is -0.475 e. The molecule has 17 heteroatoms. The molecule has 3 aliphatic heterocycles. The standard InChI is InChI=1S/C42H60N8O4.C2HF3O2/c1-5-50(36-10-22-54-23-11-36)39-26-35(25-37(32(39)4)41(52)45-27-38-30(2)24-31(3)46-42(38)53)34-8-6-33(7-9-34)28-48-18-20-49(21-19-48)29-40(51)44-14-17-47-15-12-43-13-16-47;3-2(4,5)1(6)7/h6-9,24-26,36,43H,5,10-23,27-29H2,1-4H3,(H,44,51)(H,45,52)(H,46,53);(H,6,7). The lowest BCUT2D eigenvalue weighted by atomic mass is 9.94. The van der Waals surface area contributed by atoms with E-state index < -0.39 is 12.1 Å². The topological polar surface area (TPSA) is 163 Å². The molecule has 3 aromatic rings. The number of ether oxygens (including phenoxy) is 1. The number of rotatable bonds is 14. The zero-order valence-electron chi connectivity index (χ0n) is 35.8. The highest BCUT2D eigenvalue weighted by Gasteiger charge is 2.38. The quantitative estimate of drug-likeness (QED) is 0.161. The van der Waals surface area contributed by atoms with Crippen molar-refractivity contribution in [3.8, 4) is 11.1 Å². The summed E-state index contributed by atoms with van der Waals surface area (Å²) in [5.74, 6) is -2.84. The number of nitrogens with one attached hydrogen (secondary N) is 4. The van der Waals surface area contributed by atoms with Gasteiger partial charge in [-0.25, -0.2) is 4.79 Å². The Bertz CT molecular complexity index is 1990. The number of halogens is 3. The van der Waals surface area contributed by atoms with Gasteiger partial charge in [0.15, 0.2) is 0 Å². The van der Waals surface area contributed by atoms with Crippen LogP contribution in [0.4, 0.5) is 18.9 Å². The van der Waals surface area contributed by atoms with Gasteiger partial charge in [0.25, 0.3) is 11.5 Å². The van der Waals surface area contributed by atoms with E-state index in [4.69, 9.17) is 14.6 Å². The molecule has 4 heterocycles. The van der Waals surface area contributed by atoms with E-state index in [-0.39, 0.29) is 23.9 Å². The molecule has 0 saturated carbocycles. The number of hydrogen-bond acceptors (Lipinski definition) is 10. The Hall–Kier alpha value is -4.81. The van der Waals surface area contributed by atoms with Crippen LogP contribution >= 0.6 is 0 Å². The lowest BCUT2D eigenvalue weighted by Crippen LogP contribution is -2.50. The summed E-state index contributed by atoms with van der Waals surface area (Å²) in [4.78, 5) is 60.5. The van der Waals surface area contributed by atoms with Gasteiger partial charge in [-0.15, -0.1) is 0 Å². The number of aromatic nitrogens is 1. The van der Waals surface area contributed by atoms with Crippen molar-refractivity contribution in [1.29, 1.82) is 0 Å². The van der Waals surface area contributed by atoms with Gasteiger partial charge < -0.3 is 35.7 Å². The van der Waals surface area contributed by atoms with Crippen molar-refractivity contribution in [3.05, 3.63) is 86.3 Å². The van der Waals surface area contributed by atoms with E-state index in [9.17, 15) is 27.6 Å². The second-order valence-electron chi connectivity index (χ2n) is 15.9. The summed E-state index contributed by atoms with van der Waals surface area (Å²) in [6, 6.07) is 15.2. The summed E-state index contributed by atoms with van der Waals surface area (Å²) in [6.45, 7) is 21.1. The largest absolute Gasteiger partial charge is 0.490 e. The van der Waals surface area contributed by atoms with Gasteiger partial charge in [0, 0.05) is 127 Å². The van der Waals surface area contributed by atoms with Crippen LogP contribution in [0.15, 0.2) is 47.3 Å². The van der Waals surface area contributed by atoms with Crippen LogP contribution in [0.3, 0.4) is 0 Å². The Labute approximate surface area is 355 Å². The predicted molar refractivity (Wildman–Crippen MR) is 229 cm³/mol. The molecular weight excluding hydrogens is 794 g/mol. The Morgan fingerprint density at radius 1 is 0.885 bits per heavy atom. The molecular formula is C44H61F3N8O6. The van der Waals surface area contributed by atoms with Gasteiger partial charge in [-0.3, -0.25) is 29.1 Å². The second-order valence-corrected chi connectivity index (χ2v) is 15.9. The third-order valence-electron chi connectivity index (χ3n) is 11.6. The summed E-state index contributed by atoms with van der Waals surface area (Å²) in [5.41, 5.74) is 7.95. The van der Waals surface area contributed by atoms with E-state index in [2.05, 4.69) is 77.8 Å². The number of alkyl halides is 3. The fourth-order valence-electron chi connectivity index (χ4n) is 8.10. The highest BCUT2D eigenvalue weighted by atomic mass is 19.4. The smallest absolute Gasteiger partial charge is 0.475 e. The number of piperazine rings is 2. The molecule has 61 heavy (non-hydrogen) atoms. The van der Waals surface area contributed by atoms with Crippen molar-refractivity contribution in [3.63, 3.8) is 0 Å². The number of aliphatic carboxylic acids is 1. The average Bonchev–Trinajstić information content (AvgIpc) is 3.23. The van der Waals surface area contributed by atoms with Gasteiger partial charge in [0.05, 0.1) is 6.54 Å². The molecule has 6 rings (SSSR count). The normalized spacial score (nSPS) is 17.0. The molecule has 0 spiro atoms. The van der Waals surface area contributed by atoms with Crippen molar-refractivity contribution >= 4 is 23.5 Å². The van der Waals surface area contributed by atoms with E-state index >= 15 is 0 Å². The number of carbonyl (C=O) groups excluding carboxylic acids is 2. The first-order valence-corrected chi connectivity index (χ1v) is 21.1. The zero-order chi connectivity index (χ0) is 44.1. The fraction of sp³-hybridized carbons (Fsp3) is 0.545. The third-order valence-corrected chi connectivity index (χ3v) is 11.6. The number of anilines is 1. The maximum absolute atomic E-state index is 13.9. The van der Waals surface area contributed by atoms with Crippen molar-refractivity contribution in [2.24, 2.45) is 0 Å². The third kappa shape index (κ3) is 13.8. The van der Waals surface area contributed by atoms with Gasteiger partial charge in [-0.05, 0) is 86.6 Å². The van der Waals surface area contributed by atoms with Crippen LogP contribution in [0.1, 0.15) is 58.1 Å². The minimum atomic E-state index is -5.08. The van der Waals surface area contributed by atoms with Crippen molar-refractivity contribution in [1.82, 2.24) is 35.6 Å². The molecule has 2 amide bonds. The number of carbonyl (C=O) groups is 3. The monoisotopic (exact) mass is 854 g/mol. The Morgan fingerprint density at radius 3 is 2.13 bits per heavy atom. The van der Waals surface area contributed by atoms with E-state index in [1.54, 1.807) is 0 Å². The van der Waals surface area contributed by atoms with Crippen molar-refractivity contribution in [2.75, 3.05) is 96.7 Å². The lowest BCUT2D eigenvalue weighted by molar-refractivity contribution is -0.192. The second kappa shape index (κ2) is 22.3. The highest BCUT2D eigenvalue weighted by Crippen LogP contribution is 2.34. The Kier molecular flexibility index (Phi) is 17.3. The van der Waals surface area contributed by atoms with Crippen molar-refractivity contribution in [2.45, 2.75) is 65.8 Å². The summed E-state index contributed by atoms with van der Waals surface area (Å²) in [5, 5.41) is 16.7. The van der Waals surface area contributed by atoms with Crippen LogP contribution < -0.4 is 26.4 Å². The first-order valence-electron chi connectivity index (χ1n) is 21.1. The van der Waals surface area contributed by atoms with Crippen molar-refractivity contribution < 1.29 is 37.4 Å². The number of pyridine rings is 1. The van der Waals surface area contributed by atoms with Gasteiger partial charge in [-0.1, -0.05) is 24.3 Å². The number of amides is 2. The maximum atomic E-state index is 13.9. The summed E-state index contributed by atoms with van der Waals surface area (Å²) >= 11 is 0.